The van der Waals surface area contributed by atoms with Crippen LogP contribution < -0.4 is 10.1 Å². The molecule has 2 unspecified atom stereocenters. The first-order valence-corrected chi connectivity index (χ1v) is 11.6. The number of methoxy groups -OCH3 is 1. The van der Waals surface area contributed by atoms with Gasteiger partial charge in [0.05, 0.1) is 29.5 Å². The van der Waals surface area contributed by atoms with E-state index in [0.717, 1.165) is 12.1 Å². The molecule has 6 nitrogen and oxygen atoms in total. The Bertz CT molecular complexity index is 1060. The van der Waals surface area contributed by atoms with Crippen LogP contribution >= 0.6 is 0 Å². The first-order chi connectivity index (χ1) is 15.0. The molecular formula is C22H25F3N2O4S. The Labute approximate surface area is 185 Å². The molecule has 1 amide bonds. The number of carbonyl (C=O) groups excluding carboxylic acids is 1. The Kier molecular flexibility index (Phi) is 7.14. The van der Waals surface area contributed by atoms with Crippen molar-refractivity contribution in [3.05, 3.63) is 59.7 Å². The number of hydrogen-bond donors (Lipinski definition) is 1. The second kappa shape index (κ2) is 9.50. The molecule has 1 aliphatic rings. The van der Waals surface area contributed by atoms with Crippen LogP contribution in [-0.4, -0.2) is 38.8 Å². The van der Waals surface area contributed by atoms with Gasteiger partial charge in [0.15, 0.2) is 0 Å². The van der Waals surface area contributed by atoms with E-state index in [2.05, 4.69) is 5.32 Å². The van der Waals surface area contributed by atoms with E-state index in [1.807, 2.05) is 0 Å². The molecule has 0 aliphatic carbocycles. The summed E-state index contributed by atoms with van der Waals surface area (Å²) >= 11 is 0. The van der Waals surface area contributed by atoms with Gasteiger partial charge in [-0.1, -0.05) is 12.1 Å². The topological polar surface area (TPSA) is 75.7 Å². The van der Waals surface area contributed by atoms with Gasteiger partial charge in [-0.05, 0) is 61.7 Å². The van der Waals surface area contributed by atoms with Gasteiger partial charge in [-0.3, -0.25) is 4.79 Å². The zero-order valence-electron chi connectivity index (χ0n) is 17.7. The minimum absolute atomic E-state index is 0.00943. The lowest BCUT2D eigenvalue weighted by molar-refractivity contribution is -0.137. The Balaban J connectivity index is 1.69. The van der Waals surface area contributed by atoms with Crippen LogP contribution in [0.15, 0.2) is 53.4 Å². The lowest BCUT2D eigenvalue weighted by Crippen LogP contribution is -2.45. The number of nitrogens with one attached hydrogen (secondary N) is 1. The van der Waals surface area contributed by atoms with E-state index in [1.165, 1.54) is 35.7 Å². The monoisotopic (exact) mass is 470 g/mol. The van der Waals surface area contributed by atoms with Crippen molar-refractivity contribution in [1.82, 2.24) is 9.62 Å². The molecule has 2 atom stereocenters. The van der Waals surface area contributed by atoms with Gasteiger partial charge in [0, 0.05) is 13.1 Å². The number of amides is 1. The highest BCUT2D eigenvalue weighted by atomic mass is 32.2. The number of sulfonamides is 1. The predicted molar refractivity (Wildman–Crippen MR) is 112 cm³/mol. The highest BCUT2D eigenvalue weighted by Crippen LogP contribution is 2.31. The summed E-state index contributed by atoms with van der Waals surface area (Å²) in [6.45, 7) is 1.90. The zero-order valence-corrected chi connectivity index (χ0v) is 18.5. The molecule has 0 bridgehead atoms. The van der Waals surface area contributed by atoms with Gasteiger partial charge in [0.2, 0.25) is 15.9 Å². The Morgan fingerprint density at radius 3 is 2.50 bits per heavy atom. The number of nitrogens with zero attached hydrogens (tertiary/aromatic N) is 1. The highest BCUT2D eigenvalue weighted by molar-refractivity contribution is 7.89. The van der Waals surface area contributed by atoms with Crippen molar-refractivity contribution in [1.29, 1.82) is 0 Å². The van der Waals surface area contributed by atoms with Crippen molar-refractivity contribution in [2.75, 3.05) is 20.2 Å². The fourth-order valence-electron chi connectivity index (χ4n) is 3.67. The molecule has 1 heterocycles. The summed E-state index contributed by atoms with van der Waals surface area (Å²) in [5.41, 5.74) is -0.461. The quantitative estimate of drug-likeness (QED) is 0.693. The number of hydrogen-bond acceptors (Lipinski definition) is 4. The zero-order chi connectivity index (χ0) is 23.5. The van der Waals surface area contributed by atoms with Crippen LogP contribution in [0.4, 0.5) is 13.2 Å². The smallest absolute Gasteiger partial charge is 0.416 e. The molecule has 1 N–H and O–H groups in total. The predicted octanol–water partition coefficient (Wildman–Crippen LogP) is 3.99. The number of carbonyl (C=O) groups is 1. The summed E-state index contributed by atoms with van der Waals surface area (Å²) in [6, 6.07) is 10.1. The first-order valence-electron chi connectivity index (χ1n) is 10.1. The van der Waals surface area contributed by atoms with Crippen LogP contribution in [-0.2, 0) is 21.0 Å². The molecule has 32 heavy (non-hydrogen) atoms. The lowest BCUT2D eigenvalue weighted by atomic mass is 9.97. The standard InChI is InChI=1S/C22H25F3N2O4S/c1-15(16-5-3-7-18(13-16)22(23,24)25)26-21(28)17-6-4-12-27(14-17)32(29,30)20-10-8-19(31-2)9-11-20/h3,5,7-11,13,15,17H,4,6,12,14H2,1-2H3,(H,26,28). The van der Waals surface area contributed by atoms with Gasteiger partial charge in [-0.25, -0.2) is 8.42 Å². The Morgan fingerprint density at radius 1 is 1.19 bits per heavy atom. The van der Waals surface area contributed by atoms with Crippen LogP contribution in [0.25, 0.3) is 0 Å². The molecular weight excluding hydrogens is 445 g/mol. The molecule has 0 spiro atoms. The van der Waals surface area contributed by atoms with Gasteiger partial charge >= 0.3 is 6.18 Å². The minimum atomic E-state index is -4.47. The minimum Gasteiger partial charge on any atom is -0.497 e. The molecule has 174 valence electrons. The Hall–Kier alpha value is -2.59. The van der Waals surface area contributed by atoms with Gasteiger partial charge in [0.25, 0.3) is 0 Å². The second-order valence-electron chi connectivity index (χ2n) is 7.73. The van der Waals surface area contributed by atoms with Crippen LogP contribution in [0.2, 0.25) is 0 Å². The summed E-state index contributed by atoms with van der Waals surface area (Å²) in [6.07, 6.45) is -3.47. The van der Waals surface area contributed by atoms with E-state index < -0.39 is 33.7 Å². The van der Waals surface area contributed by atoms with Crippen molar-refractivity contribution in [3.8, 4) is 5.75 Å². The average Bonchev–Trinajstić information content (AvgIpc) is 2.78. The van der Waals surface area contributed by atoms with Crippen LogP contribution in [0.1, 0.15) is 36.9 Å². The van der Waals surface area contributed by atoms with E-state index in [1.54, 1.807) is 19.1 Å². The summed E-state index contributed by atoms with van der Waals surface area (Å²) in [5.74, 6) is -0.446. The average molecular weight is 471 g/mol. The number of rotatable bonds is 6. The summed E-state index contributed by atoms with van der Waals surface area (Å²) in [7, 11) is -2.30. The van der Waals surface area contributed by atoms with Crippen molar-refractivity contribution < 1.29 is 31.1 Å². The van der Waals surface area contributed by atoms with Crippen LogP contribution in [0, 0.1) is 5.92 Å². The van der Waals surface area contributed by atoms with Crippen molar-refractivity contribution >= 4 is 15.9 Å². The number of benzene rings is 2. The van der Waals surface area contributed by atoms with Gasteiger partial charge in [0.1, 0.15) is 5.75 Å². The maximum absolute atomic E-state index is 13.0. The van der Waals surface area contributed by atoms with Gasteiger partial charge in [-0.15, -0.1) is 0 Å². The van der Waals surface area contributed by atoms with Gasteiger partial charge < -0.3 is 10.1 Å². The highest BCUT2D eigenvalue weighted by Gasteiger charge is 2.34. The molecule has 3 rings (SSSR count). The molecule has 0 saturated carbocycles. The number of halogens is 3. The third-order valence-electron chi connectivity index (χ3n) is 5.52. The van der Waals surface area contributed by atoms with Gasteiger partial charge in [-0.2, -0.15) is 17.5 Å². The molecule has 2 aromatic carbocycles. The molecule has 1 fully saturated rings. The van der Waals surface area contributed by atoms with Crippen LogP contribution in [0.3, 0.4) is 0 Å². The largest absolute Gasteiger partial charge is 0.497 e. The van der Waals surface area contributed by atoms with E-state index in [4.69, 9.17) is 4.74 Å². The molecule has 1 aliphatic heterocycles. The number of piperidine rings is 1. The third-order valence-corrected chi connectivity index (χ3v) is 7.40. The Morgan fingerprint density at radius 2 is 1.88 bits per heavy atom. The fraction of sp³-hybridized carbons (Fsp3) is 0.409. The molecule has 1 saturated heterocycles. The van der Waals surface area contributed by atoms with E-state index in [9.17, 15) is 26.4 Å². The van der Waals surface area contributed by atoms with E-state index >= 15 is 0 Å². The second-order valence-corrected chi connectivity index (χ2v) is 9.67. The van der Waals surface area contributed by atoms with Crippen molar-refractivity contribution in [2.45, 2.75) is 36.9 Å². The fourth-order valence-corrected chi connectivity index (χ4v) is 5.19. The molecule has 0 aromatic heterocycles. The summed E-state index contributed by atoms with van der Waals surface area (Å²) in [5, 5.41) is 2.73. The lowest BCUT2D eigenvalue weighted by Gasteiger charge is -2.32. The van der Waals surface area contributed by atoms with Crippen molar-refractivity contribution in [3.63, 3.8) is 0 Å². The number of ether oxygens (including phenoxy) is 1. The molecule has 10 heteroatoms. The maximum atomic E-state index is 13.0. The first kappa shape index (κ1) is 24.1. The van der Waals surface area contributed by atoms with E-state index in [0.29, 0.717) is 30.7 Å². The summed E-state index contributed by atoms with van der Waals surface area (Å²) in [4.78, 5) is 12.9. The maximum Gasteiger partial charge on any atom is 0.416 e. The van der Waals surface area contributed by atoms with E-state index in [-0.39, 0.29) is 17.3 Å². The number of alkyl halides is 3. The summed E-state index contributed by atoms with van der Waals surface area (Å²) < 4.78 is 71.2. The normalized spacial score (nSPS) is 18.7. The third kappa shape index (κ3) is 5.42. The SMILES string of the molecule is COc1ccc(S(=O)(=O)N2CCCC(C(=O)NC(C)c3cccc(C(F)(F)F)c3)C2)cc1. The van der Waals surface area contributed by atoms with Crippen LogP contribution in [0.5, 0.6) is 5.75 Å². The molecule has 2 aromatic rings. The molecule has 0 radical (unpaired) electrons. The van der Waals surface area contributed by atoms with Crippen molar-refractivity contribution in [2.24, 2.45) is 5.92 Å².